The van der Waals surface area contributed by atoms with E-state index in [9.17, 15) is 9.90 Å². The van der Waals surface area contributed by atoms with Crippen molar-refractivity contribution >= 4 is 34.5 Å². The first kappa shape index (κ1) is 31.1. The summed E-state index contributed by atoms with van der Waals surface area (Å²) in [7, 11) is 0. The summed E-state index contributed by atoms with van der Waals surface area (Å²) in [6.07, 6.45) is 11.4. The van der Waals surface area contributed by atoms with Crippen molar-refractivity contribution in [3.8, 4) is 22.8 Å². The molecule has 0 radical (unpaired) electrons. The number of imidazole rings is 1. The van der Waals surface area contributed by atoms with Crippen molar-refractivity contribution < 1.29 is 9.90 Å². The Bertz CT molecular complexity index is 2080. The van der Waals surface area contributed by atoms with E-state index in [2.05, 4.69) is 57.4 Å². The second kappa shape index (κ2) is 12.9. The van der Waals surface area contributed by atoms with E-state index >= 15 is 0 Å². The number of carbonyl (C=O) groups excluding carboxylic acids is 1. The highest BCUT2D eigenvalue weighted by molar-refractivity contribution is 5.95. The van der Waals surface area contributed by atoms with Gasteiger partial charge in [-0.1, -0.05) is 43.0 Å². The number of hydrogen-bond donors (Lipinski definition) is 2. The molecule has 9 nitrogen and oxygen atoms in total. The molecule has 5 aromatic rings. The molecule has 0 aliphatic carbocycles. The van der Waals surface area contributed by atoms with Gasteiger partial charge in [0.05, 0.1) is 11.3 Å². The number of fused-ring (bicyclic) bond motifs is 4. The average molecular weight is 638 g/mol. The van der Waals surface area contributed by atoms with Gasteiger partial charge in [-0.15, -0.1) is 0 Å². The Morgan fingerprint density at radius 2 is 1.83 bits per heavy atom. The number of amides is 1. The van der Waals surface area contributed by atoms with E-state index in [1.807, 2.05) is 49.1 Å². The van der Waals surface area contributed by atoms with Crippen LogP contribution in [0.1, 0.15) is 53.9 Å². The molecule has 2 atom stereocenters. The lowest BCUT2D eigenvalue weighted by Gasteiger charge is -2.51. The van der Waals surface area contributed by atoms with Crippen molar-refractivity contribution in [1.29, 1.82) is 0 Å². The van der Waals surface area contributed by atoms with Gasteiger partial charge in [0.15, 0.2) is 11.5 Å². The van der Waals surface area contributed by atoms with Crippen LogP contribution in [0, 0.1) is 0 Å². The maximum atomic E-state index is 13.5. The van der Waals surface area contributed by atoms with Crippen LogP contribution in [-0.4, -0.2) is 65.5 Å². The first-order chi connectivity index (χ1) is 23.4. The van der Waals surface area contributed by atoms with Gasteiger partial charge in [0, 0.05) is 54.7 Å². The predicted molar refractivity (Wildman–Crippen MR) is 191 cm³/mol. The Hall–Kier alpha value is -5.54. The second-order valence-corrected chi connectivity index (χ2v) is 12.4. The maximum absolute atomic E-state index is 13.5. The molecule has 1 amide bonds. The fourth-order valence-corrected chi connectivity index (χ4v) is 7.02. The van der Waals surface area contributed by atoms with Gasteiger partial charge in [-0.3, -0.25) is 14.3 Å². The van der Waals surface area contributed by atoms with E-state index in [4.69, 9.17) is 15.7 Å². The number of benzene rings is 2. The van der Waals surface area contributed by atoms with Crippen molar-refractivity contribution in [2.24, 2.45) is 0 Å². The first-order valence-electron chi connectivity index (χ1n) is 16.4. The SMILES string of the molecule is C=Cc1cc(C(=O)N2C[C@@H]3CCC2CN3Cc2ccc(-n3c(-c4cccnc4N)nc4ccc(C(/C=C\C)=C/C)nc43)cc2)ccc1O. The molecule has 3 fully saturated rings. The van der Waals surface area contributed by atoms with Gasteiger partial charge in [-0.25, -0.2) is 15.0 Å². The number of phenolic OH excluding ortho intramolecular Hbond substituents is 1. The van der Waals surface area contributed by atoms with E-state index in [0.29, 0.717) is 29.3 Å². The van der Waals surface area contributed by atoms with Gasteiger partial charge in [0.25, 0.3) is 5.91 Å². The molecule has 8 rings (SSSR count). The molecular formula is C39H39N7O2. The lowest BCUT2D eigenvalue weighted by molar-refractivity contribution is -0.0154. The van der Waals surface area contributed by atoms with Crippen molar-refractivity contribution in [3.63, 3.8) is 0 Å². The number of phenols is 1. The van der Waals surface area contributed by atoms with Crippen molar-refractivity contribution in [2.45, 2.75) is 45.3 Å². The summed E-state index contributed by atoms with van der Waals surface area (Å²) in [4.78, 5) is 32.4. The molecule has 3 aliphatic heterocycles. The number of allylic oxidation sites excluding steroid dienone is 4. The lowest BCUT2D eigenvalue weighted by Crippen LogP contribution is -2.63. The molecule has 48 heavy (non-hydrogen) atoms. The summed E-state index contributed by atoms with van der Waals surface area (Å²) in [6, 6.07) is 21.8. The number of nitrogens with two attached hydrogens (primary N) is 1. The summed E-state index contributed by atoms with van der Waals surface area (Å²) < 4.78 is 2.06. The Kier molecular flexibility index (Phi) is 8.37. The van der Waals surface area contributed by atoms with Gasteiger partial charge in [-0.2, -0.15) is 0 Å². The van der Waals surface area contributed by atoms with E-state index in [1.165, 1.54) is 5.56 Å². The molecule has 3 N–H and O–H groups in total. The fourth-order valence-electron chi connectivity index (χ4n) is 7.02. The van der Waals surface area contributed by atoms with Crippen LogP contribution in [0.25, 0.3) is 39.9 Å². The number of nitrogen functional groups attached to an aromatic ring is 1. The number of carbonyl (C=O) groups is 1. The minimum atomic E-state index is 0.0125. The van der Waals surface area contributed by atoms with Crippen LogP contribution < -0.4 is 5.73 Å². The van der Waals surface area contributed by atoms with Crippen molar-refractivity contribution in [3.05, 3.63) is 120 Å². The summed E-state index contributed by atoms with van der Waals surface area (Å²) in [5.74, 6) is 1.24. The van der Waals surface area contributed by atoms with Crippen molar-refractivity contribution in [1.82, 2.24) is 29.3 Å². The standard InChI is InChI=1S/C39H39N7O2/c1-4-8-26(5-2)33-17-18-34-38(42-33)46(37(43-34)32-9-7-20-41-36(32)40)29-13-10-25(11-14-29)22-44-23-31-16-15-30(44)24-45(31)39(48)28-12-19-35(47)27(6-3)21-28/h4-14,17-21,30-31,47H,3,15-16,22-24H2,1-2H3,(H2,40,41)/b8-4-,26-5+/t30-,31?/m0/s1. The number of pyridine rings is 2. The first-order valence-corrected chi connectivity index (χ1v) is 16.4. The highest BCUT2D eigenvalue weighted by Crippen LogP contribution is 2.34. The van der Waals surface area contributed by atoms with E-state index in [1.54, 1.807) is 30.5 Å². The summed E-state index contributed by atoms with van der Waals surface area (Å²) >= 11 is 0. The second-order valence-electron chi connectivity index (χ2n) is 12.4. The molecule has 0 saturated carbocycles. The Balaban J connectivity index is 1.15. The van der Waals surface area contributed by atoms with Gasteiger partial charge < -0.3 is 15.7 Å². The highest BCUT2D eigenvalue weighted by Gasteiger charge is 2.41. The van der Waals surface area contributed by atoms with Crippen molar-refractivity contribution in [2.75, 3.05) is 18.8 Å². The minimum absolute atomic E-state index is 0.0125. The largest absolute Gasteiger partial charge is 0.507 e. The molecule has 3 saturated heterocycles. The molecule has 242 valence electrons. The van der Waals surface area contributed by atoms with E-state index < -0.39 is 0 Å². The van der Waals surface area contributed by atoms with Gasteiger partial charge in [0.2, 0.25) is 0 Å². The number of hydrogen-bond acceptors (Lipinski definition) is 7. The van der Waals surface area contributed by atoms with Crippen LogP contribution in [-0.2, 0) is 6.54 Å². The lowest BCUT2D eigenvalue weighted by atomic mass is 9.89. The quantitative estimate of drug-likeness (QED) is 0.178. The van der Waals surface area contributed by atoms with Gasteiger partial charge in [-0.05, 0) is 92.4 Å². The number of aromatic nitrogens is 4. The van der Waals surface area contributed by atoms with E-state index in [0.717, 1.165) is 59.6 Å². The predicted octanol–water partition coefficient (Wildman–Crippen LogP) is 6.88. The third-order valence-corrected chi connectivity index (χ3v) is 9.52. The fraction of sp³-hybridized carbons (Fsp3) is 0.231. The Morgan fingerprint density at radius 1 is 1.02 bits per heavy atom. The number of aromatic hydroxyl groups is 1. The van der Waals surface area contributed by atoms with Crippen LogP contribution >= 0.6 is 0 Å². The van der Waals surface area contributed by atoms with Crippen LogP contribution in [0.15, 0.2) is 97.7 Å². The number of piperidine rings is 2. The number of anilines is 1. The molecule has 1 unspecified atom stereocenters. The highest BCUT2D eigenvalue weighted by atomic mass is 16.3. The topological polar surface area (TPSA) is 113 Å². The molecule has 2 bridgehead atoms. The zero-order valence-corrected chi connectivity index (χ0v) is 27.3. The normalized spacial score (nSPS) is 18.2. The van der Waals surface area contributed by atoms with Crippen LogP contribution in [0.3, 0.4) is 0 Å². The molecule has 6 heterocycles. The minimum Gasteiger partial charge on any atom is -0.507 e. The van der Waals surface area contributed by atoms with Gasteiger partial charge >= 0.3 is 0 Å². The molecule has 2 aromatic carbocycles. The zero-order valence-electron chi connectivity index (χ0n) is 27.3. The third-order valence-electron chi connectivity index (χ3n) is 9.52. The van der Waals surface area contributed by atoms with Crippen LogP contribution in [0.4, 0.5) is 5.82 Å². The molecule has 9 heteroatoms. The number of nitrogens with zero attached hydrogens (tertiary/aromatic N) is 6. The smallest absolute Gasteiger partial charge is 0.254 e. The molecular weight excluding hydrogens is 598 g/mol. The third kappa shape index (κ3) is 5.66. The average Bonchev–Trinajstić information content (AvgIpc) is 3.50. The zero-order chi connectivity index (χ0) is 33.4. The number of piperazine rings is 1. The van der Waals surface area contributed by atoms with Crippen LogP contribution in [0.2, 0.25) is 0 Å². The Morgan fingerprint density at radius 3 is 2.54 bits per heavy atom. The van der Waals surface area contributed by atoms with Crippen LogP contribution in [0.5, 0.6) is 5.75 Å². The molecule has 0 spiro atoms. The molecule has 3 aliphatic rings. The number of rotatable bonds is 8. The monoisotopic (exact) mass is 637 g/mol. The summed E-state index contributed by atoms with van der Waals surface area (Å²) in [6.45, 7) is 10.1. The van der Waals surface area contributed by atoms with Gasteiger partial charge in [0.1, 0.15) is 17.1 Å². The maximum Gasteiger partial charge on any atom is 0.254 e. The summed E-state index contributed by atoms with van der Waals surface area (Å²) in [5, 5.41) is 10.0. The van der Waals surface area contributed by atoms with E-state index in [-0.39, 0.29) is 23.7 Å². The summed E-state index contributed by atoms with van der Waals surface area (Å²) in [5.41, 5.74) is 13.8. The Labute approximate surface area is 280 Å². The molecule has 3 aromatic heterocycles.